The van der Waals surface area contributed by atoms with Crippen LogP contribution in [0, 0.1) is 5.82 Å². The highest BCUT2D eigenvalue weighted by Gasteiger charge is 2.09. The number of hydrogen-bond donors (Lipinski definition) is 2. The standard InChI is InChI=1S/C12H9ClFN3O3/c1-17-11(19)7(10(18)16-12(17)20)5-15-6-2-3-9(14)8(13)4-6/h2-5,19H,1H3,(H,16,18,20). The van der Waals surface area contributed by atoms with Crippen LogP contribution in [0.15, 0.2) is 32.8 Å². The molecule has 1 aromatic carbocycles. The fourth-order valence-electron chi connectivity index (χ4n) is 1.45. The normalized spacial score (nSPS) is 11.2. The number of rotatable bonds is 2. The van der Waals surface area contributed by atoms with Gasteiger partial charge in [0.1, 0.15) is 11.4 Å². The molecule has 104 valence electrons. The predicted molar refractivity (Wildman–Crippen MR) is 72.6 cm³/mol. The number of H-pyrrole nitrogens is 1. The van der Waals surface area contributed by atoms with Crippen molar-refractivity contribution in [1.29, 1.82) is 0 Å². The topological polar surface area (TPSA) is 87.4 Å². The van der Waals surface area contributed by atoms with Gasteiger partial charge >= 0.3 is 5.69 Å². The second-order valence-electron chi connectivity index (χ2n) is 3.91. The van der Waals surface area contributed by atoms with E-state index in [2.05, 4.69) is 4.99 Å². The average molecular weight is 298 g/mol. The molecule has 0 amide bonds. The highest BCUT2D eigenvalue weighted by Crippen LogP contribution is 2.21. The molecule has 6 nitrogen and oxygen atoms in total. The Morgan fingerprint density at radius 1 is 1.45 bits per heavy atom. The van der Waals surface area contributed by atoms with Crippen molar-refractivity contribution in [2.75, 3.05) is 0 Å². The van der Waals surface area contributed by atoms with Crippen molar-refractivity contribution in [3.8, 4) is 5.88 Å². The van der Waals surface area contributed by atoms with Crippen molar-refractivity contribution in [2.45, 2.75) is 0 Å². The van der Waals surface area contributed by atoms with Crippen molar-refractivity contribution in [1.82, 2.24) is 9.55 Å². The average Bonchev–Trinajstić information content (AvgIpc) is 2.40. The summed E-state index contributed by atoms with van der Waals surface area (Å²) in [5.41, 5.74) is -1.41. The van der Waals surface area contributed by atoms with Gasteiger partial charge in [0.15, 0.2) is 0 Å². The van der Waals surface area contributed by atoms with E-state index < -0.39 is 22.9 Å². The van der Waals surface area contributed by atoms with Gasteiger partial charge in [-0.15, -0.1) is 0 Å². The molecule has 20 heavy (non-hydrogen) atoms. The zero-order valence-corrected chi connectivity index (χ0v) is 11.0. The molecular formula is C12H9ClFN3O3. The summed E-state index contributed by atoms with van der Waals surface area (Å²) in [5.74, 6) is -1.11. The van der Waals surface area contributed by atoms with E-state index >= 15 is 0 Å². The number of nitrogens with zero attached hydrogens (tertiary/aromatic N) is 2. The van der Waals surface area contributed by atoms with Gasteiger partial charge in [-0.1, -0.05) is 11.6 Å². The van der Waals surface area contributed by atoms with Crippen LogP contribution < -0.4 is 11.2 Å². The maximum Gasteiger partial charge on any atom is 0.330 e. The summed E-state index contributed by atoms with van der Waals surface area (Å²) in [6.07, 6.45) is 1.07. The highest BCUT2D eigenvalue weighted by atomic mass is 35.5. The molecule has 0 fully saturated rings. The van der Waals surface area contributed by atoms with Crippen LogP contribution >= 0.6 is 11.6 Å². The van der Waals surface area contributed by atoms with Crippen LogP contribution in [0.5, 0.6) is 5.88 Å². The Kier molecular flexibility index (Phi) is 3.71. The molecule has 2 aromatic rings. The van der Waals surface area contributed by atoms with Crippen molar-refractivity contribution in [3.05, 3.63) is 55.4 Å². The fourth-order valence-corrected chi connectivity index (χ4v) is 1.62. The molecule has 1 aromatic heterocycles. The second kappa shape index (κ2) is 5.30. The highest BCUT2D eigenvalue weighted by molar-refractivity contribution is 6.31. The fraction of sp³-hybridized carbons (Fsp3) is 0.0833. The molecule has 2 N–H and O–H groups in total. The van der Waals surface area contributed by atoms with Gasteiger partial charge in [0, 0.05) is 13.3 Å². The van der Waals surface area contributed by atoms with E-state index in [4.69, 9.17) is 11.6 Å². The SMILES string of the molecule is Cn1c(O)c(C=Nc2ccc(F)c(Cl)c2)c(=O)[nH]c1=O. The summed E-state index contributed by atoms with van der Waals surface area (Å²) in [4.78, 5) is 28.7. The van der Waals surface area contributed by atoms with Gasteiger partial charge in [0.25, 0.3) is 5.56 Å². The van der Waals surface area contributed by atoms with Crippen LogP contribution in [0.4, 0.5) is 10.1 Å². The van der Waals surface area contributed by atoms with Gasteiger partial charge in [-0.2, -0.15) is 0 Å². The van der Waals surface area contributed by atoms with Crippen LogP contribution in [0.25, 0.3) is 0 Å². The van der Waals surface area contributed by atoms with E-state index in [9.17, 15) is 19.1 Å². The Labute approximate surface area is 116 Å². The van der Waals surface area contributed by atoms with E-state index in [-0.39, 0.29) is 10.6 Å². The molecule has 8 heteroatoms. The van der Waals surface area contributed by atoms with Crippen LogP contribution in [0.1, 0.15) is 5.56 Å². The van der Waals surface area contributed by atoms with Crippen LogP contribution in [0.3, 0.4) is 0 Å². The lowest BCUT2D eigenvalue weighted by Crippen LogP contribution is -2.30. The number of hydrogen-bond acceptors (Lipinski definition) is 4. The van der Waals surface area contributed by atoms with Gasteiger partial charge in [-0.05, 0) is 18.2 Å². The Balaban J connectivity index is 2.47. The minimum Gasteiger partial charge on any atom is -0.494 e. The number of nitrogens with one attached hydrogen (secondary N) is 1. The van der Waals surface area contributed by atoms with Gasteiger partial charge < -0.3 is 5.11 Å². The summed E-state index contributed by atoms with van der Waals surface area (Å²) in [6, 6.07) is 3.74. The van der Waals surface area contributed by atoms with Crippen molar-refractivity contribution in [2.24, 2.45) is 12.0 Å². The number of aliphatic imine (C=N–C) groups is 1. The maximum atomic E-state index is 13.0. The van der Waals surface area contributed by atoms with E-state index in [0.717, 1.165) is 16.8 Å². The number of aromatic nitrogens is 2. The Morgan fingerprint density at radius 2 is 2.15 bits per heavy atom. The van der Waals surface area contributed by atoms with Crippen molar-refractivity contribution >= 4 is 23.5 Å². The van der Waals surface area contributed by atoms with Gasteiger partial charge in [-0.25, -0.2) is 9.18 Å². The number of halogens is 2. The van der Waals surface area contributed by atoms with E-state index in [1.54, 1.807) is 0 Å². The first kappa shape index (κ1) is 14.0. The number of benzene rings is 1. The minimum atomic E-state index is -0.775. The van der Waals surface area contributed by atoms with E-state index in [1.165, 1.54) is 19.2 Å². The maximum absolute atomic E-state index is 13.0. The third-order valence-corrected chi connectivity index (χ3v) is 2.86. The molecule has 0 bridgehead atoms. The minimum absolute atomic E-state index is 0.113. The number of aromatic hydroxyl groups is 1. The zero-order chi connectivity index (χ0) is 14.9. The molecule has 0 atom stereocenters. The summed E-state index contributed by atoms with van der Waals surface area (Å²) < 4.78 is 13.8. The van der Waals surface area contributed by atoms with Crippen molar-refractivity contribution in [3.63, 3.8) is 0 Å². The zero-order valence-electron chi connectivity index (χ0n) is 10.2. The van der Waals surface area contributed by atoms with Gasteiger partial charge in [-0.3, -0.25) is 19.3 Å². The van der Waals surface area contributed by atoms with Crippen LogP contribution in [0.2, 0.25) is 5.02 Å². The van der Waals surface area contributed by atoms with E-state index in [0.29, 0.717) is 5.69 Å². The largest absolute Gasteiger partial charge is 0.494 e. The smallest absolute Gasteiger partial charge is 0.330 e. The molecule has 2 rings (SSSR count). The van der Waals surface area contributed by atoms with Crippen molar-refractivity contribution < 1.29 is 9.50 Å². The Morgan fingerprint density at radius 3 is 2.80 bits per heavy atom. The molecule has 0 radical (unpaired) electrons. The van der Waals surface area contributed by atoms with Gasteiger partial charge in [0.2, 0.25) is 5.88 Å². The summed E-state index contributed by atoms with van der Waals surface area (Å²) in [6.45, 7) is 0. The van der Waals surface area contributed by atoms with Gasteiger partial charge in [0.05, 0.1) is 10.7 Å². The molecule has 0 aliphatic carbocycles. The molecule has 0 spiro atoms. The third-order valence-electron chi connectivity index (χ3n) is 2.57. The predicted octanol–water partition coefficient (Wildman–Crippen LogP) is 1.32. The number of aromatic amines is 1. The van der Waals surface area contributed by atoms with Crippen LogP contribution in [-0.2, 0) is 7.05 Å². The second-order valence-corrected chi connectivity index (χ2v) is 4.32. The van der Waals surface area contributed by atoms with E-state index in [1.807, 2.05) is 4.98 Å². The molecule has 0 saturated heterocycles. The Bertz CT molecular complexity index is 811. The quantitative estimate of drug-likeness (QED) is 0.820. The lowest BCUT2D eigenvalue weighted by atomic mass is 10.3. The molecule has 0 unspecified atom stereocenters. The Hall–Kier alpha value is -2.41. The lowest BCUT2D eigenvalue weighted by molar-refractivity contribution is 0.417. The van der Waals surface area contributed by atoms with Crippen LogP contribution in [-0.4, -0.2) is 20.9 Å². The molecule has 0 saturated carbocycles. The monoisotopic (exact) mass is 297 g/mol. The first-order valence-electron chi connectivity index (χ1n) is 5.41. The summed E-state index contributed by atoms with van der Waals surface area (Å²) in [5, 5.41) is 9.59. The molecular weight excluding hydrogens is 289 g/mol. The molecule has 0 aliphatic rings. The third kappa shape index (κ3) is 2.62. The first-order valence-corrected chi connectivity index (χ1v) is 5.79. The lowest BCUT2D eigenvalue weighted by Gasteiger charge is -2.03. The summed E-state index contributed by atoms with van der Waals surface area (Å²) >= 11 is 5.59. The molecule has 0 aliphatic heterocycles. The first-order chi connectivity index (χ1) is 9.40. The summed E-state index contributed by atoms with van der Waals surface area (Å²) in [7, 11) is 1.29. The molecule has 1 heterocycles.